The first-order valence-corrected chi connectivity index (χ1v) is 11.1. The van der Waals surface area contributed by atoms with Crippen LogP contribution in [0.1, 0.15) is 43.2 Å². The number of ether oxygens (including phenoxy) is 2. The van der Waals surface area contributed by atoms with Crippen molar-refractivity contribution in [3.05, 3.63) is 68.4 Å². The summed E-state index contributed by atoms with van der Waals surface area (Å²) in [4.78, 5) is 0. The third-order valence-electron chi connectivity index (χ3n) is 5.05. The van der Waals surface area contributed by atoms with Gasteiger partial charge in [-0.05, 0) is 68.5 Å². The van der Waals surface area contributed by atoms with E-state index in [-0.39, 0.29) is 12.4 Å². The van der Waals surface area contributed by atoms with E-state index in [1.807, 2.05) is 12.1 Å². The lowest BCUT2D eigenvalue weighted by Gasteiger charge is -2.16. The monoisotopic (exact) mass is 481 g/mol. The number of benzene rings is 2. The zero-order chi connectivity index (χ0) is 20.6. The maximum Gasteiger partial charge on any atom is 0.162 e. The minimum absolute atomic E-state index is 0.231. The molecule has 0 spiro atoms. The third kappa shape index (κ3) is 6.46. The fraction of sp³-hybridized carbons (Fsp3) is 0.391. The summed E-state index contributed by atoms with van der Waals surface area (Å²) >= 11 is 9.71. The Kier molecular flexibility index (Phi) is 8.40. The maximum absolute atomic E-state index is 13.2. The molecule has 0 saturated carbocycles. The average molecular weight is 483 g/mol. The van der Waals surface area contributed by atoms with E-state index in [9.17, 15) is 4.39 Å². The van der Waals surface area contributed by atoms with E-state index >= 15 is 0 Å². The quantitative estimate of drug-likeness (QED) is 0.314. The lowest BCUT2D eigenvalue weighted by Crippen LogP contribution is -2.16. The van der Waals surface area contributed by atoms with Crippen LogP contribution < -0.4 is 14.8 Å². The van der Waals surface area contributed by atoms with Crippen molar-refractivity contribution in [2.75, 3.05) is 13.7 Å². The van der Waals surface area contributed by atoms with Gasteiger partial charge >= 0.3 is 0 Å². The Bertz CT molecular complexity index is 872. The minimum atomic E-state index is -0.365. The van der Waals surface area contributed by atoms with Gasteiger partial charge in [0, 0.05) is 16.6 Å². The van der Waals surface area contributed by atoms with E-state index in [1.165, 1.54) is 37.8 Å². The highest BCUT2D eigenvalue weighted by Gasteiger charge is 2.12. The molecule has 0 bridgehead atoms. The molecule has 0 heterocycles. The van der Waals surface area contributed by atoms with E-state index in [1.54, 1.807) is 18.7 Å². The first kappa shape index (κ1) is 22.1. The first-order chi connectivity index (χ1) is 14.1. The number of hydrogen-bond donors (Lipinski definition) is 1. The van der Waals surface area contributed by atoms with Crippen LogP contribution in [-0.2, 0) is 13.2 Å². The SMILES string of the molecule is COc1cc(CNCCC2=CCCCC2)c(Br)cc1OCc1ccc(F)cc1Cl. The summed E-state index contributed by atoms with van der Waals surface area (Å²) in [6.07, 6.45) is 8.61. The number of allylic oxidation sites excluding steroid dienone is 1. The van der Waals surface area contributed by atoms with Crippen LogP contribution in [0.2, 0.25) is 5.02 Å². The third-order valence-corrected chi connectivity index (χ3v) is 6.14. The topological polar surface area (TPSA) is 30.5 Å². The molecule has 0 aromatic heterocycles. The molecule has 0 radical (unpaired) electrons. The Balaban J connectivity index is 1.58. The lowest BCUT2D eigenvalue weighted by atomic mass is 9.97. The minimum Gasteiger partial charge on any atom is -0.493 e. The summed E-state index contributed by atoms with van der Waals surface area (Å²) < 4.78 is 25.5. The number of nitrogens with one attached hydrogen (secondary N) is 1. The smallest absolute Gasteiger partial charge is 0.162 e. The molecule has 1 aliphatic carbocycles. The molecule has 6 heteroatoms. The second-order valence-electron chi connectivity index (χ2n) is 7.15. The predicted molar refractivity (Wildman–Crippen MR) is 119 cm³/mol. The molecule has 0 unspecified atom stereocenters. The van der Waals surface area contributed by atoms with Crippen LogP contribution in [0.5, 0.6) is 11.5 Å². The Morgan fingerprint density at radius 2 is 2.00 bits per heavy atom. The van der Waals surface area contributed by atoms with Gasteiger partial charge in [-0.25, -0.2) is 4.39 Å². The molecule has 3 rings (SSSR count). The molecule has 2 aromatic carbocycles. The van der Waals surface area contributed by atoms with Gasteiger partial charge in [-0.1, -0.05) is 45.2 Å². The molecule has 0 atom stereocenters. The van der Waals surface area contributed by atoms with Crippen molar-refractivity contribution in [2.24, 2.45) is 0 Å². The maximum atomic E-state index is 13.2. The summed E-state index contributed by atoms with van der Waals surface area (Å²) in [6.45, 7) is 1.94. The van der Waals surface area contributed by atoms with Crippen LogP contribution in [0.3, 0.4) is 0 Å². The fourth-order valence-electron chi connectivity index (χ4n) is 3.38. The van der Waals surface area contributed by atoms with Crippen molar-refractivity contribution in [1.82, 2.24) is 5.32 Å². The first-order valence-electron chi connectivity index (χ1n) is 9.88. The molecule has 0 saturated heterocycles. The summed E-state index contributed by atoms with van der Waals surface area (Å²) in [5, 5.41) is 3.86. The molecule has 1 aliphatic rings. The highest BCUT2D eigenvalue weighted by molar-refractivity contribution is 9.10. The van der Waals surface area contributed by atoms with Gasteiger partial charge in [0.15, 0.2) is 11.5 Å². The van der Waals surface area contributed by atoms with Crippen LogP contribution in [-0.4, -0.2) is 13.7 Å². The zero-order valence-corrected chi connectivity index (χ0v) is 18.9. The molecule has 3 nitrogen and oxygen atoms in total. The lowest BCUT2D eigenvalue weighted by molar-refractivity contribution is 0.284. The Morgan fingerprint density at radius 1 is 1.14 bits per heavy atom. The van der Waals surface area contributed by atoms with Gasteiger partial charge in [-0.2, -0.15) is 0 Å². The van der Waals surface area contributed by atoms with Crippen molar-refractivity contribution in [3.8, 4) is 11.5 Å². The largest absolute Gasteiger partial charge is 0.493 e. The van der Waals surface area contributed by atoms with Crippen molar-refractivity contribution in [2.45, 2.75) is 45.3 Å². The Hall–Kier alpha value is -1.56. The van der Waals surface area contributed by atoms with Crippen LogP contribution in [0.15, 0.2) is 46.5 Å². The molecule has 0 fully saturated rings. The number of rotatable bonds is 9. The highest BCUT2D eigenvalue weighted by Crippen LogP contribution is 2.34. The van der Waals surface area contributed by atoms with E-state index < -0.39 is 0 Å². The summed E-state index contributed by atoms with van der Waals surface area (Å²) in [6, 6.07) is 8.15. The molecular formula is C23H26BrClFNO2. The van der Waals surface area contributed by atoms with Gasteiger partial charge in [0.05, 0.1) is 12.1 Å². The second kappa shape index (κ2) is 11.0. The number of halogens is 3. The van der Waals surface area contributed by atoms with Crippen LogP contribution in [0.4, 0.5) is 4.39 Å². The van der Waals surface area contributed by atoms with Crippen LogP contribution >= 0.6 is 27.5 Å². The van der Waals surface area contributed by atoms with Gasteiger partial charge in [-0.15, -0.1) is 0 Å². The fourth-order valence-corrected chi connectivity index (χ4v) is 4.07. The molecule has 0 amide bonds. The number of methoxy groups -OCH3 is 1. The molecule has 2 aromatic rings. The van der Waals surface area contributed by atoms with E-state index in [0.717, 1.165) is 29.5 Å². The predicted octanol–water partition coefficient (Wildman–Crippen LogP) is 6.81. The van der Waals surface area contributed by atoms with E-state index in [2.05, 4.69) is 27.3 Å². The van der Waals surface area contributed by atoms with Gasteiger partial charge in [-0.3, -0.25) is 0 Å². The summed E-state index contributed by atoms with van der Waals surface area (Å²) in [7, 11) is 1.62. The molecule has 0 aliphatic heterocycles. The number of hydrogen-bond acceptors (Lipinski definition) is 3. The summed E-state index contributed by atoms with van der Waals surface area (Å²) in [5.41, 5.74) is 3.39. The normalized spacial score (nSPS) is 13.9. The Labute approximate surface area is 185 Å². The molecule has 156 valence electrons. The zero-order valence-electron chi connectivity index (χ0n) is 16.6. The summed E-state index contributed by atoms with van der Waals surface area (Å²) in [5.74, 6) is 0.893. The van der Waals surface area contributed by atoms with Crippen LogP contribution in [0, 0.1) is 5.82 Å². The van der Waals surface area contributed by atoms with Crippen molar-refractivity contribution >= 4 is 27.5 Å². The standard InChI is InChI=1S/C23H26BrClFNO2/c1-28-22-11-18(14-27-10-9-16-5-3-2-4-6-16)20(24)13-23(22)29-15-17-7-8-19(26)12-21(17)25/h5,7-8,11-13,27H,2-4,6,9-10,14-15H2,1H3. The van der Waals surface area contributed by atoms with Crippen molar-refractivity contribution < 1.29 is 13.9 Å². The second-order valence-corrected chi connectivity index (χ2v) is 8.42. The van der Waals surface area contributed by atoms with Gasteiger partial charge in [0.2, 0.25) is 0 Å². The van der Waals surface area contributed by atoms with E-state index in [0.29, 0.717) is 22.1 Å². The molecule has 29 heavy (non-hydrogen) atoms. The Morgan fingerprint density at radius 3 is 2.72 bits per heavy atom. The van der Waals surface area contributed by atoms with E-state index in [4.69, 9.17) is 21.1 Å². The highest BCUT2D eigenvalue weighted by atomic mass is 79.9. The molecule has 1 N–H and O–H groups in total. The van der Waals surface area contributed by atoms with Gasteiger partial charge in [0.25, 0.3) is 0 Å². The van der Waals surface area contributed by atoms with Crippen molar-refractivity contribution in [1.29, 1.82) is 0 Å². The van der Waals surface area contributed by atoms with Gasteiger partial charge in [0.1, 0.15) is 12.4 Å². The molecular weight excluding hydrogens is 457 g/mol. The van der Waals surface area contributed by atoms with Crippen molar-refractivity contribution in [3.63, 3.8) is 0 Å². The average Bonchev–Trinajstić information content (AvgIpc) is 2.72. The van der Waals surface area contributed by atoms with Gasteiger partial charge < -0.3 is 14.8 Å². The van der Waals surface area contributed by atoms with Crippen LogP contribution in [0.25, 0.3) is 0 Å².